The van der Waals surface area contributed by atoms with E-state index < -0.39 is 0 Å². The standard InChI is InChI=1S/C16H18BrN3O/c1-18-16-13(17)14(10-7-8-10)19-15(20-16)12-6-4-3-5-11(12)9-21-2/h3-6,10H,7-9H2,1-2H3,(H,18,19,20). The first kappa shape index (κ1) is 14.5. The lowest BCUT2D eigenvalue weighted by Crippen LogP contribution is -2.04. The number of rotatable bonds is 5. The molecule has 1 aromatic carbocycles. The lowest BCUT2D eigenvalue weighted by molar-refractivity contribution is 0.185. The lowest BCUT2D eigenvalue weighted by atomic mass is 10.1. The second-order valence-electron chi connectivity index (χ2n) is 5.21. The van der Waals surface area contributed by atoms with Crippen molar-refractivity contribution in [3.05, 3.63) is 40.0 Å². The molecule has 0 radical (unpaired) electrons. The number of hydrogen-bond acceptors (Lipinski definition) is 4. The van der Waals surface area contributed by atoms with Gasteiger partial charge in [0.25, 0.3) is 0 Å². The van der Waals surface area contributed by atoms with Gasteiger partial charge in [0.1, 0.15) is 5.82 Å². The maximum atomic E-state index is 5.28. The summed E-state index contributed by atoms with van der Waals surface area (Å²) in [6.45, 7) is 0.559. The fourth-order valence-electron chi connectivity index (χ4n) is 2.40. The molecule has 0 amide bonds. The Morgan fingerprint density at radius 3 is 2.71 bits per heavy atom. The second-order valence-corrected chi connectivity index (χ2v) is 6.00. The van der Waals surface area contributed by atoms with E-state index in [1.807, 2.05) is 25.2 Å². The molecule has 1 N–H and O–H groups in total. The first-order valence-electron chi connectivity index (χ1n) is 7.07. The first-order chi connectivity index (χ1) is 10.2. The molecule has 1 heterocycles. The highest BCUT2D eigenvalue weighted by atomic mass is 79.9. The summed E-state index contributed by atoms with van der Waals surface area (Å²) < 4.78 is 6.27. The smallest absolute Gasteiger partial charge is 0.162 e. The Morgan fingerprint density at radius 1 is 1.29 bits per heavy atom. The molecule has 0 spiro atoms. The van der Waals surface area contributed by atoms with Crippen LogP contribution in [0.15, 0.2) is 28.7 Å². The van der Waals surface area contributed by atoms with E-state index >= 15 is 0 Å². The molecule has 1 aromatic heterocycles. The molecule has 2 aromatic rings. The van der Waals surface area contributed by atoms with Crippen molar-refractivity contribution in [3.8, 4) is 11.4 Å². The normalized spacial score (nSPS) is 14.2. The van der Waals surface area contributed by atoms with Crippen molar-refractivity contribution >= 4 is 21.7 Å². The van der Waals surface area contributed by atoms with Gasteiger partial charge in [-0.05, 0) is 34.3 Å². The van der Waals surface area contributed by atoms with E-state index in [0.717, 1.165) is 32.9 Å². The van der Waals surface area contributed by atoms with Crippen molar-refractivity contribution in [2.45, 2.75) is 25.4 Å². The zero-order chi connectivity index (χ0) is 14.8. The van der Waals surface area contributed by atoms with Crippen LogP contribution < -0.4 is 5.32 Å². The Kier molecular flexibility index (Phi) is 4.22. The summed E-state index contributed by atoms with van der Waals surface area (Å²) in [7, 11) is 3.59. The largest absolute Gasteiger partial charge is 0.380 e. The zero-order valence-electron chi connectivity index (χ0n) is 12.2. The fraction of sp³-hybridized carbons (Fsp3) is 0.375. The summed E-state index contributed by atoms with van der Waals surface area (Å²) >= 11 is 3.63. The van der Waals surface area contributed by atoms with Crippen molar-refractivity contribution in [2.75, 3.05) is 19.5 Å². The Morgan fingerprint density at radius 2 is 2.05 bits per heavy atom. The van der Waals surface area contributed by atoms with Crippen LogP contribution in [0.5, 0.6) is 0 Å². The number of halogens is 1. The number of nitrogens with zero attached hydrogens (tertiary/aromatic N) is 2. The van der Waals surface area contributed by atoms with E-state index in [4.69, 9.17) is 9.72 Å². The highest BCUT2D eigenvalue weighted by Crippen LogP contribution is 2.44. The molecule has 3 rings (SSSR count). The number of hydrogen-bond donors (Lipinski definition) is 1. The van der Waals surface area contributed by atoms with Crippen molar-refractivity contribution in [2.24, 2.45) is 0 Å². The van der Waals surface area contributed by atoms with Crippen LogP contribution in [0.25, 0.3) is 11.4 Å². The number of anilines is 1. The Labute approximate surface area is 133 Å². The summed E-state index contributed by atoms with van der Waals surface area (Å²) in [6.07, 6.45) is 2.41. The molecule has 4 nitrogen and oxygen atoms in total. The van der Waals surface area contributed by atoms with Crippen LogP contribution in [0.4, 0.5) is 5.82 Å². The van der Waals surface area contributed by atoms with Gasteiger partial charge in [-0.25, -0.2) is 9.97 Å². The van der Waals surface area contributed by atoms with Crippen LogP contribution in [0.1, 0.15) is 30.0 Å². The van der Waals surface area contributed by atoms with Gasteiger partial charge >= 0.3 is 0 Å². The third-order valence-electron chi connectivity index (χ3n) is 3.64. The first-order valence-corrected chi connectivity index (χ1v) is 7.86. The number of benzene rings is 1. The van der Waals surface area contributed by atoms with Crippen LogP contribution in [0.3, 0.4) is 0 Å². The molecule has 0 saturated heterocycles. The summed E-state index contributed by atoms with van der Waals surface area (Å²) in [4.78, 5) is 9.45. The van der Waals surface area contributed by atoms with E-state index in [0.29, 0.717) is 12.5 Å². The maximum absolute atomic E-state index is 5.28. The SMILES string of the molecule is CNc1nc(-c2ccccc2COC)nc(C2CC2)c1Br. The minimum Gasteiger partial charge on any atom is -0.380 e. The van der Waals surface area contributed by atoms with Crippen LogP contribution in [0, 0.1) is 0 Å². The minimum absolute atomic E-state index is 0.558. The Hall–Kier alpha value is -1.46. The van der Waals surface area contributed by atoms with Crippen molar-refractivity contribution < 1.29 is 4.74 Å². The summed E-state index contributed by atoms with van der Waals surface area (Å²) in [5.41, 5.74) is 3.24. The summed E-state index contributed by atoms with van der Waals surface area (Å²) in [6, 6.07) is 8.13. The van der Waals surface area contributed by atoms with Crippen molar-refractivity contribution in [1.29, 1.82) is 0 Å². The van der Waals surface area contributed by atoms with Gasteiger partial charge in [-0.2, -0.15) is 0 Å². The molecule has 1 aliphatic carbocycles. The van der Waals surface area contributed by atoms with Gasteiger partial charge in [-0.15, -0.1) is 0 Å². The molecule has 1 saturated carbocycles. The average molecular weight is 348 g/mol. The van der Waals surface area contributed by atoms with E-state index in [1.165, 1.54) is 12.8 Å². The average Bonchev–Trinajstić information content (AvgIpc) is 3.33. The van der Waals surface area contributed by atoms with E-state index in [2.05, 4.69) is 32.3 Å². The second kappa shape index (κ2) is 6.12. The summed E-state index contributed by atoms with van der Waals surface area (Å²) in [5.74, 6) is 2.16. The Balaban J connectivity index is 2.12. The monoisotopic (exact) mass is 347 g/mol. The molecule has 0 atom stereocenters. The minimum atomic E-state index is 0.558. The van der Waals surface area contributed by atoms with Crippen LogP contribution in [0.2, 0.25) is 0 Å². The molecule has 1 fully saturated rings. The number of nitrogens with one attached hydrogen (secondary N) is 1. The van der Waals surface area contributed by atoms with E-state index in [9.17, 15) is 0 Å². The van der Waals surface area contributed by atoms with Gasteiger partial charge in [0, 0.05) is 25.6 Å². The van der Waals surface area contributed by atoms with Crippen LogP contribution >= 0.6 is 15.9 Å². The molecule has 0 unspecified atom stereocenters. The highest BCUT2D eigenvalue weighted by Gasteiger charge is 2.29. The van der Waals surface area contributed by atoms with Gasteiger partial charge in [0.05, 0.1) is 16.8 Å². The molecular weight excluding hydrogens is 330 g/mol. The quantitative estimate of drug-likeness (QED) is 0.888. The van der Waals surface area contributed by atoms with Crippen LogP contribution in [-0.2, 0) is 11.3 Å². The fourth-order valence-corrected chi connectivity index (χ4v) is 3.10. The number of methoxy groups -OCH3 is 1. The van der Waals surface area contributed by atoms with Crippen molar-refractivity contribution in [3.63, 3.8) is 0 Å². The molecule has 1 aliphatic rings. The van der Waals surface area contributed by atoms with Gasteiger partial charge in [0.2, 0.25) is 0 Å². The predicted octanol–water partition coefficient (Wildman–Crippen LogP) is 3.97. The Bertz CT molecular complexity index is 656. The molecule has 0 bridgehead atoms. The third kappa shape index (κ3) is 2.94. The highest BCUT2D eigenvalue weighted by molar-refractivity contribution is 9.10. The van der Waals surface area contributed by atoms with E-state index in [-0.39, 0.29) is 0 Å². The van der Waals surface area contributed by atoms with Gasteiger partial charge in [-0.1, -0.05) is 24.3 Å². The molecule has 21 heavy (non-hydrogen) atoms. The molecule has 110 valence electrons. The third-order valence-corrected chi connectivity index (χ3v) is 4.42. The molecular formula is C16H18BrN3O. The number of aromatic nitrogens is 2. The van der Waals surface area contributed by atoms with Crippen LogP contribution in [-0.4, -0.2) is 24.1 Å². The van der Waals surface area contributed by atoms with Gasteiger partial charge < -0.3 is 10.1 Å². The topological polar surface area (TPSA) is 47.0 Å². The molecule has 0 aliphatic heterocycles. The van der Waals surface area contributed by atoms with E-state index in [1.54, 1.807) is 7.11 Å². The van der Waals surface area contributed by atoms with Crippen molar-refractivity contribution in [1.82, 2.24) is 9.97 Å². The predicted molar refractivity (Wildman–Crippen MR) is 87.4 cm³/mol. The lowest BCUT2D eigenvalue weighted by Gasteiger charge is -2.13. The van der Waals surface area contributed by atoms with Gasteiger partial charge in [-0.3, -0.25) is 0 Å². The zero-order valence-corrected chi connectivity index (χ0v) is 13.8. The maximum Gasteiger partial charge on any atom is 0.162 e. The number of ether oxygens (including phenoxy) is 1. The van der Waals surface area contributed by atoms with Gasteiger partial charge in [0.15, 0.2) is 5.82 Å². The summed E-state index contributed by atoms with van der Waals surface area (Å²) in [5, 5.41) is 3.15. The molecule has 5 heteroatoms.